The Balaban J connectivity index is 2.06. The number of amides is 2. The van der Waals surface area contributed by atoms with E-state index in [0.29, 0.717) is 21.9 Å². The minimum absolute atomic E-state index is 0.212. The molecule has 0 fully saturated rings. The first kappa shape index (κ1) is 16.1. The highest BCUT2D eigenvalue weighted by Gasteiger charge is 2.22. The molecule has 24 heavy (non-hydrogen) atoms. The fourth-order valence-corrected chi connectivity index (χ4v) is 3.64. The van der Waals surface area contributed by atoms with E-state index in [-0.39, 0.29) is 5.69 Å². The fraction of sp³-hybridized carbons (Fsp3) is 0.188. The first-order valence-corrected chi connectivity index (χ1v) is 7.96. The molecule has 8 heteroatoms. The Bertz CT molecular complexity index is 990. The molecule has 124 valence electrons. The third-order valence-corrected chi connectivity index (χ3v) is 4.95. The van der Waals surface area contributed by atoms with E-state index in [2.05, 4.69) is 10.3 Å². The van der Waals surface area contributed by atoms with Crippen molar-refractivity contribution in [1.82, 2.24) is 9.38 Å². The van der Waals surface area contributed by atoms with E-state index in [1.54, 1.807) is 13.8 Å². The molecular formula is C16H15FN4O2S. The molecule has 0 aliphatic carbocycles. The van der Waals surface area contributed by atoms with Gasteiger partial charge in [0, 0.05) is 11.1 Å². The van der Waals surface area contributed by atoms with E-state index in [0.717, 1.165) is 10.4 Å². The molecule has 6 nitrogen and oxygen atoms in total. The highest BCUT2D eigenvalue weighted by Crippen LogP contribution is 2.32. The lowest BCUT2D eigenvalue weighted by Gasteiger charge is -2.06. The number of aromatic nitrogens is 2. The second kappa shape index (κ2) is 5.72. The van der Waals surface area contributed by atoms with Gasteiger partial charge in [0.15, 0.2) is 0 Å². The number of imidazole rings is 1. The monoisotopic (exact) mass is 346 g/mol. The van der Waals surface area contributed by atoms with E-state index in [9.17, 15) is 14.0 Å². The second-order valence-electron chi connectivity index (χ2n) is 5.43. The maximum atomic E-state index is 13.5. The van der Waals surface area contributed by atoms with Crippen molar-refractivity contribution in [2.24, 2.45) is 5.73 Å². The fourth-order valence-electron chi connectivity index (χ4n) is 2.58. The average molecular weight is 346 g/mol. The van der Waals surface area contributed by atoms with Crippen molar-refractivity contribution in [3.05, 3.63) is 51.5 Å². The molecule has 0 aliphatic rings. The van der Waals surface area contributed by atoms with Crippen molar-refractivity contribution in [2.45, 2.75) is 20.8 Å². The number of aryl methyl sites for hydroxylation is 2. The van der Waals surface area contributed by atoms with Crippen LogP contribution >= 0.6 is 11.3 Å². The molecule has 0 spiro atoms. The summed E-state index contributed by atoms with van der Waals surface area (Å²) in [4.78, 5) is 29.5. The van der Waals surface area contributed by atoms with E-state index in [1.165, 1.54) is 34.1 Å². The summed E-state index contributed by atoms with van der Waals surface area (Å²) in [5.74, 6) is -1.56. The number of pyridine rings is 1. The number of carbonyl (C=O) groups excluding carboxylic acids is 2. The van der Waals surface area contributed by atoms with Crippen LogP contribution in [-0.4, -0.2) is 21.2 Å². The van der Waals surface area contributed by atoms with Gasteiger partial charge in [-0.15, -0.1) is 11.3 Å². The number of nitrogens with one attached hydrogen (secondary N) is 1. The molecule has 3 heterocycles. The highest BCUT2D eigenvalue weighted by molar-refractivity contribution is 7.16. The van der Waals surface area contributed by atoms with Gasteiger partial charge in [0.1, 0.15) is 22.2 Å². The smallest absolute Gasteiger partial charge is 0.275 e. The molecule has 0 bridgehead atoms. The van der Waals surface area contributed by atoms with E-state index in [4.69, 9.17) is 5.73 Å². The Kier molecular flexibility index (Phi) is 3.84. The molecule has 3 rings (SSSR count). The third-order valence-electron chi connectivity index (χ3n) is 3.83. The van der Waals surface area contributed by atoms with E-state index < -0.39 is 17.6 Å². The number of thiophene rings is 1. The number of carbonyl (C=O) groups is 2. The van der Waals surface area contributed by atoms with Crippen LogP contribution in [0, 0.1) is 26.6 Å². The standard InChI is InChI=1S/C16H15FN4O2S/c1-7-9(3)24-16(12(7)14(18)22)20-15(23)13-8(2)19-11-5-4-10(17)6-21(11)13/h4-6H,1-3H3,(H2,18,22)(H,20,23). The Morgan fingerprint density at radius 1 is 1.29 bits per heavy atom. The predicted octanol–water partition coefficient (Wildman–Crippen LogP) is 2.81. The number of hydrogen-bond acceptors (Lipinski definition) is 4. The van der Waals surface area contributed by atoms with Crippen molar-refractivity contribution < 1.29 is 14.0 Å². The van der Waals surface area contributed by atoms with E-state index in [1.807, 2.05) is 6.92 Å². The van der Waals surface area contributed by atoms with Gasteiger partial charge < -0.3 is 11.1 Å². The molecule has 0 saturated heterocycles. The first-order valence-electron chi connectivity index (χ1n) is 7.15. The topological polar surface area (TPSA) is 89.5 Å². The lowest BCUT2D eigenvalue weighted by Crippen LogP contribution is -2.19. The Morgan fingerprint density at radius 3 is 2.67 bits per heavy atom. The SMILES string of the molecule is Cc1nc2ccc(F)cn2c1C(=O)Nc1sc(C)c(C)c1C(N)=O. The number of rotatable bonds is 3. The molecule has 2 amide bonds. The van der Waals surface area contributed by atoms with Gasteiger partial charge in [-0.3, -0.25) is 14.0 Å². The number of hydrogen-bond donors (Lipinski definition) is 2. The van der Waals surface area contributed by atoms with Crippen LogP contribution in [0.4, 0.5) is 9.39 Å². The van der Waals surface area contributed by atoms with E-state index >= 15 is 0 Å². The zero-order valence-corrected chi connectivity index (χ0v) is 14.1. The van der Waals surface area contributed by atoms with Crippen molar-refractivity contribution >= 4 is 33.8 Å². The molecule has 0 radical (unpaired) electrons. The average Bonchev–Trinajstić information content (AvgIpc) is 2.95. The van der Waals surface area contributed by atoms with Crippen LogP contribution in [0.2, 0.25) is 0 Å². The number of primary amides is 1. The Morgan fingerprint density at radius 2 is 2.00 bits per heavy atom. The van der Waals surface area contributed by atoms with Crippen molar-refractivity contribution in [1.29, 1.82) is 0 Å². The molecular weight excluding hydrogens is 331 g/mol. The lowest BCUT2D eigenvalue weighted by atomic mass is 10.1. The summed E-state index contributed by atoms with van der Waals surface area (Å²) in [5.41, 5.74) is 7.59. The molecule has 3 aromatic rings. The van der Waals surface area contributed by atoms with Gasteiger partial charge in [0.05, 0.1) is 11.3 Å². The molecule has 0 atom stereocenters. The van der Waals surface area contributed by atoms with Crippen LogP contribution in [0.15, 0.2) is 18.3 Å². The first-order chi connectivity index (χ1) is 11.3. The number of fused-ring (bicyclic) bond motifs is 1. The van der Waals surface area contributed by atoms with Gasteiger partial charge in [0.25, 0.3) is 11.8 Å². The van der Waals surface area contributed by atoms with Crippen LogP contribution in [0.1, 0.15) is 37.0 Å². The van der Waals surface area contributed by atoms with Crippen LogP contribution in [0.25, 0.3) is 5.65 Å². The normalized spacial score (nSPS) is 11.0. The molecule has 3 N–H and O–H groups in total. The molecule has 0 unspecified atom stereocenters. The number of anilines is 1. The summed E-state index contributed by atoms with van der Waals surface area (Å²) < 4.78 is 14.9. The zero-order valence-electron chi connectivity index (χ0n) is 13.3. The number of nitrogens with zero attached hydrogens (tertiary/aromatic N) is 2. The molecule has 3 aromatic heterocycles. The summed E-state index contributed by atoms with van der Waals surface area (Å²) in [7, 11) is 0. The quantitative estimate of drug-likeness (QED) is 0.764. The number of nitrogens with two attached hydrogens (primary N) is 1. The Hall–Kier alpha value is -2.74. The summed E-state index contributed by atoms with van der Waals surface area (Å²) in [5, 5.41) is 3.09. The maximum absolute atomic E-state index is 13.5. The molecule has 0 aromatic carbocycles. The summed E-state index contributed by atoms with van der Waals surface area (Å²) in [6, 6.07) is 2.77. The summed E-state index contributed by atoms with van der Waals surface area (Å²) >= 11 is 1.27. The van der Waals surface area contributed by atoms with Crippen LogP contribution in [-0.2, 0) is 0 Å². The Labute approximate surface area is 141 Å². The van der Waals surface area contributed by atoms with Crippen LogP contribution in [0.5, 0.6) is 0 Å². The van der Waals surface area contributed by atoms with Crippen LogP contribution in [0.3, 0.4) is 0 Å². The lowest BCUT2D eigenvalue weighted by molar-refractivity contribution is 0.100. The molecule has 0 saturated carbocycles. The molecule has 0 aliphatic heterocycles. The zero-order chi connectivity index (χ0) is 17.6. The predicted molar refractivity (Wildman–Crippen MR) is 90.2 cm³/mol. The minimum Gasteiger partial charge on any atom is -0.365 e. The summed E-state index contributed by atoms with van der Waals surface area (Å²) in [6.07, 6.45) is 1.20. The minimum atomic E-state index is -0.604. The van der Waals surface area contributed by atoms with Crippen LogP contribution < -0.4 is 11.1 Å². The van der Waals surface area contributed by atoms with Crippen molar-refractivity contribution in [2.75, 3.05) is 5.32 Å². The largest absolute Gasteiger partial charge is 0.365 e. The van der Waals surface area contributed by atoms with Crippen molar-refractivity contribution in [3.8, 4) is 0 Å². The highest BCUT2D eigenvalue weighted by atomic mass is 32.1. The van der Waals surface area contributed by atoms with Gasteiger partial charge in [-0.25, -0.2) is 9.37 Å². The summed E-state index contributed by atoms with van der Waals surface area (Å²) in [6.45, 7) is 5.28. The third kappa shape index (κ3) is 2.54. The maximum Gasteiger partial charge on any atom is 0.275 e. The van der Waals surface area contributed by atoms with Gasteiger partial charge in [-0.1, -0.05) is 0 Å². The second-order valence-corrected chi connectivity index (χ2v) is 6.65. The van der Waals surface area contributed by atoms with Crippen molar-refractivity contribution in [3.63, 3.8) is 0 Å². The van der Waals surface area contributed by atoms with Gasteiger partial charge in [-0.2, -0.15) is 0 Å². The van der Waals surface area contributed by atoms with Gasteiger partial charge in [0.2, 0.25) is 0 Å². The van der Waals surface area contributed by atoms with Gasteiger partial charge >= 0.3 is 0 Å². The van der Waals surface area contributed by atoms with Gasteiger partial charge in [-0.05, 0) is 38.5 Å². The number of halogens is 1.